The van der Waals surface area contributed by atoms with E-state index in [0.29, 0.717) is 22.9 Å². The van der Waals surface area contributed by atoms with Crippen molar-refractivity contribution in [2.45, 2.75) is 59.7 Å². The second-order valence-electron chi connectivity index (χ2n) is 8.88. The number of rotatable bonds is 4. The van der Waals surface area contributed by atoms with Gasteiger partial charge in [0.15, 0.2) is 5.69 Å². The number of ether oxygens (including phenoxy) is 1. The van der Waals surface area contributed by atoms with Crippen LogP contribution in [0.25, 0.3) is 0 Å². The molecule has 0 saturated heterocycles. The first kappa shape index (κ1) is 23.3. The first-order valence-corrected chi connectivity index (χ1v) is 10.8. The van der Waals surface area contributed by atoms with Crippen LogP contribution in [0.15, 0.2) is 6.07 Å². The van der Waals surface area contributed by atoms with Crippen LogP contribution in [0.4, 0.5) is 18.2 Å². The molecule has 0 saturated carbocycles. The molecular weight excluding hydrogens is 431 g/mol. The van der Waals surface area contributed by atoms with Crippen LogP contribution in [0.5, 0.6) is 0 Å². The van der Waals surface area contributed by atoms with E-state index in [1.54, 1.807) is 0 Å². The molecule has 0 bridgehead atoms. The van der Waals surface area contributed by atoms with Crippen molar-refractivity contribution in [3.05, 3.63) is 33.5 Å². The Kier molecular flexibility index (Phi) is 6.23. The van der Waals surface area contributed by atoms with Crippen LogP contribution in [0.1, 0.15) is 59.4 Å². The topological polar surface area (TPSA) is 73.2 Å². The fraction of sp³-hybridized carbons (Fsp3) is 0.571. The number of esters is 1. The molecule has 0 aliphatic heterocycles. The lowest BCUT2D eigenvalue weighted by Crippen LogP contribution is -2.26. The molecule has 0 radical (unpaired) electrons. The number of halogens is 3. The number of amides is 1. The zero-order valence-corrected chi connectivity index (χ0v) is 19.0. The van der Waals surface area contributed by atoms with Gasteiger partial charge < -0.3 is 10.1 Å². The molecule has 1 amide bonds. The van der Waals surface area contributed by atoms with Crippen molar-refractivity contribution in [3.8, 4) is 0 Å². The smallest absolute Gasteiger partial charge is 0.435 e. The summed E-state index contributed by atoms with van der Waals surface area (Å²) in [7, 11) is 1.28. The Labute approximate surface area is 182 Å². The van der Waals surface area contributed by atoms with E-state index in [1.807, 2.05) is 0 Å². The molecule has 2 aromatic heterocycles. The number of hydrogen-bond donors (Lipinski definition) is 1. The highest BCUT2D eigenvalue weighted by atomic mass is 32.1. The molecule has 2 heterocycles. The van der Waals surface area contributed by atoms with Crippen LogP contribution in [0.2, 0.25) is 0 Å². The Hall–Kier alpha value is -2.36. The van der Waals surface area contributed by atoms with E-state index in [4.69, 9.17) is 4.74 Å². The SMILES string of the molecule is COC(=O)c1c(NC(=O)Cn2nc(C(F)(F)F)cc2C)sc2c1CCC(C(C)(C)C)C2. The predicted octanol–water partition coefficient (Wildman–Crippen LogP) is 4.85. The van der Waals surface area contributed by atoms with Crippen molar-refractivity contribution in [1.82, 2.24) is 9.78 Å². The van der Waals surface area contributed by atoms with E-state index in [0.717, 1.165) is 34.0 Å². The number of nitrogens with zero attached hydrogens (tertiary/aromatic N) is 2. The Morgan fingerprint density at radius 2 is 2.00 bits per heavy atom. The summed E-state index contributed by atoms with van der Waals surface area (Å²) in [6, 6.07) is 0.893. The summed E-state index contributed by atoms with van der Waals surface area (Å²) in [5.74, 6) is -0.645. The number of carbonyl (C=O) groups excluding carboxylic acids is 2. The van der Waals surface area contributed by atoms with E-state index in [9.17, 15) is 22.8 Å². The molecule has 2 aromatic rings. The monoisotopic (exact) mass is 457 g/mol. The van der Waals surface area contributed by atoms with E-state index < -0.39 is 30.3 Å². The minimum Gasteiger partial charge on any atom is -0.465 e. The van der Waals surface area contributed by atoms with Crippen LogP contribution in [0, 0.1) is 18.3 Å². The Balaban J connectivity index is 1.84. The van der Waals surface area contributed by atoms with Gasteiger partial charge in [0.1, 0.15) is 11.5 Å². The predicted molar refractivity (Wildman–Crippen MR) is 111 cm³/mol. The molecule has 0 spiro atoms. The molecule has 1 atom stereocenters. The summed E-state index contributed by atoms with van der Waals surface area (Å²) >= 11 is 1.34. The molecule has 170 valence electrons. The first-order chi connectivity index (χ1) is 14.3. The van der Waals surface area contributed by atoms with Gasteiger partial charge in [-0.2, -0.15) is 18.3 Å². The van der Waals surface area contributed by atoms with Crippen molar-refractivity contribution in [2.75, 3.05) is 12.4 Å². The van der Waals surface area contributed by atoms with Gasteiger partial charge in [0.2, 0.25) is 5.91 Å². The molecule has 0 fully saturated rings. The lowest BCUT2D eigenvalue weighted by molar-refractivity contribution is -0.141. The highest BCUT2D eigenvalue weighted by Crippen LogP contribution is 2.44. The fourth-order valence-electron chi connectivity index (χ4n) is 3.84. The highest BCUT2D eigenvalue weighted by molar-refractivity contribution is 7.17. The van der Waals surface area contributed by atoms with Crippen LogP contribution in [-0.2, 0) is 35.1 Å². The number of carbonyl (C=O) groups is 2. The van der Waals surface area contributed by atoms with Crippen molar-refractivity contribution >= 4 is 28.2 Å². The number of aryl methyl sites for hydroxylation is 1. The minimum atomic E-state index is -4.58. The quantitative estimate of drug-likeness (QED) is 0.667. The summed E-state index contributed by atoms with van der Waals surface area (Å²) in [5.41, 5.74) is 0.519. The number of alkyl halides is 3. The standard InChI is InChI=1S/C21H26F3N3O3S/c1-11-8-15(21(22,23)24)26-27(11)10-16(28)25-18-17(19(29)30-5)13-7-6-12(20(2,3)4)9-14(13)31-18/h8,12H,6-7,9-10H2,1-5H3,(H,25,28). The van der Waals surface area contributed by atoms with Crippen LogP contribution in [-0.4, -0.2) is 28.8 Å². The summed E-state index contributed by atoms with van der Waals surface area (Å²) in [6.45, 7) is 7.60. The second kappa shape index (κ2) is 8.29. The van der Waals surface area contributed by atoms with Gasteiger partial charge in [-0.05, 0) is 49.1 Å². The molecule has 1 unspecified atom stereocenters. The van der Waals surface area contributed by atoms with Crippen molar-refractivity contribution in [1.29, 1.82) is 0 Å². The summed E-state index contributed by atoms with van der Waals surface area (Å²) in [4.78, 5) is 26.1. The van der Waals surface area contributed by atoms with E-state index in [2.05, 4.69) is 31.2 Å². The highest BCUT2D eigenvalue weighted by Gasteiger charge is 2.36. The number of methoxy groups -OCH3 is 1. The van der Waals surface area contributed by atoms with Crippen LogP contribution >= 0.6 is 11.3 Å². The van der Waals surface area contributed by atoms with Gasteiger partial charge in [-0.1, -0.05) is 20.8 Å². The lowest BCUT2D eigenvalue weighted by atomic mass is 9.72. The number of nitrogens with one attached hydrogen (secondary N) is 1. The number of hydrogen-bond acceptors (Lipinski definition) is 5. The average Bonchev–Trinajstić information content (AvgIpc) is 3.19. The van der Waals surface area contributed by atoms with Gasteiger partial charge in [-0.3, -0.25) is 9.48 Å². The summed E-state index contributed by atoms with van der Waals surface area (Å²) in [6.07, 6.45) is -2.14. The zero-order chi connectivity index (χ0) is 23.1. The molecule has 10 heteroatoms. The average molecular weight is 458 g/mol. The number of aromatic nitrogens is 2. The lowest BCUT2D eigenvalue weighted by Gasteiger charge is -2.33. The third-order valence-electron chi connectivity index (χ3n) is 5.70. The Morgan fingerprint density at radius 1 is 1.32 bits per heavy atom. The number of thiophene rings is 1. The Bertz CT molecular complexity index is 1000. The second-order valence-corrected chi connectivity index (χ2v) is 9.98. The minimum absolute atomic E-state index is 0.115. The normalized spacial score (nSPS) is 16.7. The molecule has 1 aliphatic carbocycles. The molecule has 3 rings (SSSR count). The van der Waals surface area contributed by atoms with Gasteiger partial charge in [-0.15, -0.1) is 11.3 Å². The third kappa shape index (κ3) is 4.94. The largest absolute Gasteiger partial charge is 0.465 e. The molecular formula is C21H26F3N3O3S. The van der Waals surface area contributed by atoms with Gasteiger partial charge in [-0.25, -0.2) is 4.79 Å². The van der Waals surface area contributed by atoms with Gasteiger partial charge in [0.05, 0.1) is 12.7 Å². The molecule has 6 nitrogen and oxygen atoms in total. The van der Waals surface area contributed by atoms with Gasteiger partial charge in [0, 0.05) is 10.6 Å². The maximum absolute atomic E-state index is 12.9. The van der Waals surface area contributed by atoms with Crippen molar-refractivity contribution in [3.63, 3.8) is 0 Å². The summed E-state index contributed by atoms with van der Waals surface area (Å²) in [5, 5.41) is 6.55. The molecule has 1 N–H and O–H groups in total. The number of anilines is 1. The maximum atomic E-state index is 12.9. The van der Waals surface area contributed by atoms with Gasteiger partial charge in [0.25, 0.3) is 0 Å². The van der Waals surface area contributed by atoms with Crippen molar-refractivity contribution < 1.29 is 27.5 Å². The Morgan fingerprint density at radius 3 is 2.55 bits per heavy atom. The number of fused-ring (bicyclic) bond motifs is 1. The summed E-state index contributed by atoms with van der Waals surface area (Å²) < 4.78 is 44.5. The van der Waals surface area contributed by atoms with E-state index >= 15 is 0 Å². The molecule has 0 aromatic carbocycles. The molecule has 1 aliphatic rings. The van der Waals surface area contributed by atoms with E-state index in [-0.39, 0.29) is 11.1 Å². The molecule has 31 heavy (non-hydrogen) atoms. The van der Waals surface area contributed by atoms with E-state index in [1.165, 1.54) is 25.4 Å². The third-order valence-corrected chi connectivity index (χ3v) is 6.87. The maximum Gasteiger partial charge on any atom is 0.435 e. The van der Waals surface area contributed by atoms with Crippen LogP contribution < -0.4 is 5.32 Å². The fourth-order valence-corrected chi connectivity index (χ4v) is 5.17. The first-order valence-electron chi connectivity index (χ1n) is 9.95. The van der Waals surface area contributed by atoms with Crippen LogP contribution in [0.3, 0.4) is 0 Å². The zero-order valence-electron chi connectivity index (χ0n) is 18.1. The van der Waals surface area contributed by atoms with Gasteiger partial charge >= 0.3 is 12.1 Å². The van der Waals surface area contributed by atoms with Crippen molar-refractivity contribution in [2.24, 2.45) is 11.3 Å².